The van der Waals surface area contributed by atoms with Crippen LogP contribution in [0.2, 0.25) is 0 Å². The first kappa shape index (κ1) is 27.5. The molecule has 3 N–H and O–H groups in total. The molecule has 0 aliphatic carbocycles. The van der Waals surface area contributed by atoms with Crippen LogP contribution in [-0.4, -0.2) is 73.6 Å². The van der Waals surface area contributed by atoms with Gasteiger partial charge in [0.2, 0.25) is 5.95 Å². The first-order valence-electron chi connectivity index (χ1n) is 12.9. The van der Waals surface area contributed by atoms with Gasteiger partial charge in [-0.05, 0) is 36.8 Å². The van der Waals surface area contributed by atoms with E-state index in [1.165, 1.54) is 18.5 Å². The first-order chi connectivity index (χ1) is 19.4. The lowest BCUT2D eigenvalue weighted by molar-refractivity contribution is -0.137. The lowest BCUT2D eigenvalue weighted by atomic mass is 10.1. The number of nitrogens with one attached hydrogen (secondary N) is 3. The van der Waals surface area contributed by atoms with E-state index in [4.69, 9.17) is 4.74 Å². The zero-order valence-corrected chi connectivity index (χ0v) is 21.6. The molecule has 2 fully saturated rings. The van der Waals surface area contributed by atoms with Gasteiger partial charge in [0, 0.05) is 57.3 Å². The molecule has 2 aromatic heterocycles. The van der Waals surface area contributed by atoms with Gasteiger partial charge < -0.3 is 25.2 Å². The van der Waals surface area contributed by atoms with Crippen molar-refractivity contribution < 1.29 is 22.3 Å². The summed E-state index contributed by atoms with van der Waals surface area (Å²) >= 11 is 0. The van der Waals surface area contributed by atoms with Crippen molar-refractivity contribution >= 4 is 35.0 Å². The van der Waals surface area contributed by atoms with E-state index >= 15 is 0 Å². The Kier molecular flexibility index (Phi) is 8.55. The van der Waals surface area contributed by atoms with Crippen molar-refractivity contribution in [1.29, 1.82) is 0 Å². The fourth-order valence-corrected chi connectivity index (χ4v) is 4.49. The molecule has 0 atom stereocenters. The van der Waals surface area contributed by atoms with Crippen molar-refractivity contribution in [2.75, 3.05) is 73.0 Å². The smallest absolute Gasteiger partial charge is 0.380 e. The Morgan fingerprint density at radius 1 is 0.950 bits per heavy atom. The minimum atomic E-state index is -4.49. The zero-order valence-electron chi connectivity index (χ0n) is 21.6. The van der Waals surface area contributed by atoms with Gasteiger partial charge in [0.05, 0.1) is 42.2 Å². The summed E-state index contributed by atoms with van der Waals surface area (Å²) in [7, 11) is 0. The molecule has 14 heteroatoms. The maximum absolute atomic E-state index is 14.3. The number of ether oxygens (including phenoxy) is 1. The van der Waals surface area contributed by atoms with Crippen LogP contribution in [0.4, 0.5) is 46.4 Å². The highest BCUT2D eigenvalue weighted by Gasteiger charge is 2.35. The molecule has 0 unspecified atom stereocenters. The Labute approximate surface area is 228 Å². The maximum atomic E-state index is 14.3. The first-order valence-corrected chi connectivity index (χ1v) is 12.9. The van der Waals surface area contributed by atoms with Gasteiger partial charge in [-0.2, -0.15) is 23.3 Å². The van der Waals surface area contributed by atoms with Crippen molar-refractivity contribution in [1.82, 2.24) is 20.3 Å². The summed E-state index contributed by atoms with van der Waals surface area (Å²) in [6.45, 7) is 4.57. The number of hydrogen-bond donors (Lipinski definition) is 3. The number of piperazine rings is 1. The second-order valence-corrected chi connectivity index (χ2v) is 9.25. The summed E-state index contributed by atoms with van der Waals surface area (Å²) in [6.07, 6.45) is 0.296. The van der Waals surface area contributed by atoms with Crippen LogP contribution in [0.5, 0.6) is 0 Å². The molecule has 2 aliphatic rings. The second-order valence-electron chi connectivity index (χ2n) is 9.25. The zero-order chi connectivity index (χ0) is 28.0. The molecule has 3 aromatic rings. The van der Waals surface area contributed by atoms with E-state index in [2.05, 4.69) is 36.1 Å². The van der Waals surface area contributed by atoms with E-state index in [0.29, 0.717) is 69.6 Å². The quantitative estimate of drug-likeness (QED) is 0.226. The van der Waals surface area contributed by atoms with Crippen LogP contribution in [0.1, 0.15) is 17.7 Å². The highest BCUT2D eigenvalue weighted by atomic mass is 19.4. The molecule has 0 amide bonds. The van der Waals surface area contributed by atoms with Gasteiger partial charge in [-0.25, -0.2) is 14.8 Å². The summed E-state index contributed by atoms with van der Waals surface area (Å²) in [5.74, 6) is -0.218. The van der Waals surface area contributed by atoms with E-state index in [-0.39, 0.29) is 17.5 Å². The normalized spacial score (nSPS) is 16.7. The highest BCUT2D eigenvalue weighted by Crippen LogP contribution is 2.39. The van der Waals surface area contributed by atoms with Gasteiger partial charge >= 0.3 is 6.18 Å². The van der Waals surface area contributed by atoms with Crippen LogP contribution in [-0.2, 0) is 10.9 Å². The number of hydrazone groups is 1. The number of halogens is 4. The van der Waals surface area contributed by atoms with Crippen molar-refractivity contribution in [3.05, 3.63) is 59.8 Å². The molecular weight excluding hydrogens is 530 g/mol. The number of anilines is 5. The number of aromatic nitrogens is 3. The molecule has 40 heavy (non-hydrogen) atoms. The van der Waals surface area contributed by atoms with Gasteiger partial charge in [-0.15, -0.1) is 0 Å². The Morgan fingerprint density at radius 3 is 2.55 bits per heavy atom. The molecule has 0 saturated carbocycles. The monoisotopic (exact) mass is 559 g/mol. The Balaban J connectivity index is 1.22. The van der Waals surface area contributed by atoms with Crippen LogP contribution in [0.3, 0.4) is 0 Å². The maximum Gasteiger partial charge on any atom is 0.418 e. The number of nitrogens with zero attached hydrogens (tertiary/aromatic N) is 6. The van der Waals surface area contributed by atoms with E-state index in [1.807, 2.05) is 4.90 Å². The van der Waals surface area contributed by atoms with Crippen molar-refractivity contribution in [3.8, 4) is 0 Å². The molecule has 212 valence electrons. The largest absolute Gasteiger partial charge is 0.418 e. The average Bonchev–Trinajstić information content (AvgIpc) is 3.25. The Hall–Kier alpha value is -4.04. The summed E-state index contributed by atoms with van der Waals surface area (Å²) in [4.78, 5) is 16.0. The average molecular weight is 560 g/mol. The Morgan fingerprint density at radius 2 is 1.77 bits per heavy atom. The van der Waals surface area contributed by atoms with Gasteiger partial charge in [0.1, 0.15) is 0 Å². The molecule has 10 nitrogen and oxygen atoms in total. The third-order valence-corrected chi connectivity index (χ3v) is 6.44. The van der Waals surface area contributed by atoms with E-state index in [9.17, 15) is 17.6 Å². The summed E-state index contributed by atoms with van der Waals surface area (Å²) in [5, 5.41) is 10.2. The third-order valence-electron chi connectivity index (χ3n) is 6.44. The fourth-order valence-electron chi connectivity index (χ4n) is 4.49. The topological polar surface area (TPSA) is 103 Å². The van der Waals surface area contributed by atoms with E-state index < -0.39 is 17.6 Å². The van der Waals surface area contributed by atoms with Crippen LogP contribution in [0.25, 0.3) is 0 Å². The molecule has 2 aliphatic heterocycles. The van der Waals surface area contributed by atoms with Crippen molar-refractivity contribution in [2.45, 2.75) is 12.6 Å². The molecule has 0 bridgehead atoms. The van der Waals surface area contributed by atoms with Crippen LogP contribution < -0.4 is 25.9 Å². The number of pyridine rings is 1. The lowest BCUT2D eigenvalue weighted by Crippen LogP contribution is -2.44. The second kappa shape index (κ2) is 12.4. The molecular formula is C26H29F4N9O. The van der Waals surface area contributed by atoms with Gasteiger partial charge in [-0.1, -0.05) is 0 Å². The molecule has 5 rings (SSSR count). The van der Waals surface area contributed by atoms with Gasteiger partial charge in [0.25, 0.3) is 0 Å². The van der Waals surface area contributed by atoms with E-state index in [0.717, 1.165) is 18.7 Å². The summed E-state index contributed by atoms with van der Waals surface area (Å²) in [6, 6.07) is 7.58. The molecule has 4 heterocycles. The highest BCUT2D eigenvalue weighted by molar-refractivity contribution is 5.78. The molecule has 0 radical (unpaired) electrons. The number of benzene rings is 1. The van der Waals surface area contributed by atoms with Crippen LogP contribution >= 0.6 is 0 Å². The minimum Gasteiger partial charge on any atom is -0.380 e. The van der Waals surface area contributed by atoms with Crippen LogP contribution in [0, 0.1) is 5.82 Å². The summed E-state index contributed by atoms with van der Waals surface area (Å²) in [5.41, 5.74) is 3.47. The van der Waals surface area contributed by atoms with Gasteiger partial charge in [0.15, 0.2) is 11.6 Å². The fraction of sp³-hybridized carbons (Fsp3) is 0.385. The predicted octanol–water partition coefficient (Wildman–Crippen LogP) is 3.86. The Bertz CT molecular complexity index is 1310. The molecule has 0 spiro atoms. The number of rotatable bonds is 7. The lowest BCUT2D eigenvalue weighted by Gasteiger charge is -2.31. The SMILES string of the molecule is Fc1cnc(N/N=C/c2ccc(Nc3ccc(N4CCNCC4)c(C(F)(F)F)c3)cn2)nc1N1CCCOCC1. The molecule has 1 aromatic carbocycles. The summed E-state index contributed by atoms with van der Waals surface area (Å²) < 4.78 is 61.2. The predicted molar refractivity (Wildman–Crippen MR) is 145 cm³/mol. The number of alkyl halides is 3. The van der Waals surface area contributed by atoms with Crippen molar-refractivity contribution in [2.24, 2.45) is 5.10 Å². The van der Waals surface area contributed by atoms with E-state index in [1.54, 1.807) is 23.1 Å². The molecule has 2 saturated heterocycles. The number of hydrogen-bond acceptors (Lipinski definition) is 10. The van der Waals surface area contributed by atoms with Crippen LogP contribution in [0.15, 0.2) is 47.8 Å². The minimum absolute atomic E-state index is 0.126. The third kappa shape index (κ3) is 6.93. The standard InChI is InChI=1S/C26H29F4N9O/c27-22-17-33-25(36-24(22)39-8-1-12-40-13-11-39)37-34-16-19-2-3-20(15-32-19)35-18-4-5-23(21(14-18)26(28,29)30)38-9-6-31-7-10-38/h2-5,14-17,31,35H,1,6-13H2,(H,33,36,37)/b34-16+. The van der Waals surface area contributed by atoms with Crippen molar-refractivity contribution in [3.63, 3.8) is 0 Å². The van der Waals surface area contributed by atoms with Gasteiger partial charge in [-0.3, -0.25) is 4.98 Å².